The molecule has 2 aromatic carbocycles. The fourth-order valence-corrected chi connectivity index (χ4v) is 2.74. The Hall–Kier alpha value is -2.61. The number of amides is 1. The molecule has 2 aromatic rings. The summed E-state index contributed by atoms with van der Waals surface area (Å²) >= 11 is 1.07. The van der Waals surface area contributed by atoms with Gasteiger partial charge in [-0.3, -0.25) is 14.9 Å². The van der Waals surface area contributed by atoms with E-state index < -0.39 is 4.92 Å². The molecule has 0 unspecified atom stereocenters. The molecule has 1 N–H and O–H groups in total. The lowest BCUT2D eigenvalue weighted by Crippen LogP contribution is -2.15. The van der Waals surface area contributed by atoms with Gasteiger partial charge in [0.25, 0.3) is 0 Å². The summed E-state index contributed by atoms with van der Waals surface area (Å²) in [5, 5.41) is 13.6. The van der Waals surface area contributed by atoms with E-state index in [0.29, 0.717) is 16.1 Å². The fraction of sp³-hybridized carbons (Fsp3) is 0.188. The monoisotopic (exact) mass is 350 g/mol. The first-order valence-corrected chi connectivity index (χ1v) is 7.91. The van der Waals surface area contributed by atoms with Gasteiger partial charge in [0.15, 0.2) is 5.75 Å². The van der Waals surface area contributed by atoms with Crippen LogP contribution < -0.4 is 10.1 Å². The van der Waals surface area contributed by atoms with Crippen molar-refractivity contribution in [3.63, 3.8) is 0 Å². The normalized spacial score (nSPS) is 10.3. The van der Waals surface area contributed by atoms with Gasteiger partial charge in [-0.2, -0.15) is 0 Å². The van der Waals surface area contributed by atoms with Gasteiger partial charge in [0.1, 0.15) is 5.82 Å². The molecule has 6 nitrogen and oxygen atoms in total. The summed E-state index contributed by atoms with van der Waals surface area (Å²) in [6, 6.07) is 8.91. The first kappa shape index (κ1) is 17.7. The lowest BCUT2D eigenvalue weighted by Gasteiger charge is -2.11. The highest BCUT2D eigenvalue weighted by atomic mass is 32.2. The Labute approximate surface area is 142 Å². The smallest absolute Gasteiger partial charge is 0.311 e. The summed E-state index contributed by atoms with van der Waals surface area (Å²) in [6.45, 7) is 1.64. The molecule has 0 radical (unpaired) electrons. The number of carbonyl (C=O) groups excluding carboxylic acids is 1. The fourth-order valence-electron chi connectivity index (χ4n) is 2.01. The maximum atomic E-state index is 13.5. The number of ether oxygens (including phenoxy) is 1. The number of thioether (sulfide) groups is 1. The van der Waals surface area contributed by atoms with E-state index in [9.17, 15) is 19.3 Å². The zero-order valence-electron chi connectivity index (χ0n) is 13.0. The third-order valence-corrected chi connectivity index (χ3v) is 4.24. The summed E-state index contributed by atoms with van der Waals surface area (Å²) in [7, 11) is 1.32. The number of nitrogens with zero attached hydrogens (tertiary/aromatic N) is 1. The van der Waals surface area contributed by atoms with Gasteiger partial charge in [0, 0.05) is 22.7 Å². The minimum atomic E-state index is -0.550. The molecule has 0 aliphatic heterocycles. The maximum absolute atomic E-state index is 13.5. The molecular weight excluding hydrogens is 335 g/mol. The quantitative estimate of drug-likeness (QED) is 0.487. The summed E-state index contributed by atoms with van der Waals surface area (Å²) in [5.41, 5.74) is 0.775. The van der Waals surface area contributed by atoms with E-state index in [4.69, 9.17) is 4.74 Å². The second kappa shape index (κ2) is 7.78. The number of hydrogen-bond acceptors (Lipinski definition) is 5. The van der Waals surface area contributed by atoms with Crippen LogP contribution in [0.4, 0.5) is 15.8 Å². The maximum Gasteiger partial charge on any atom is 0.311 e. The largest absolute Gasteiger partial charge is 0.490 e. The van der Waals surface area contributed by atoms with E-state index in [1.807, 2.05) is 0 Å². The van der Waals surface area contributed by atoms with Gasteiger partial charge in [0.2, 0.25) is 5.91 Å². The molecule has 2 rings (SSSR count). The predicted molar refractivity (Wildman–Crippen MR) is 90.1 cm³/mol. The van der Waals surface area contributed by atoms with E-state index in [0.717, 1.165) is 11.8 Å². The van der Waals surface area contributed by atoms with Crippen molar-refractivity contribution in [2.45, 2.75) is 11.8 Å². The minimum Gasteiger partial charge on any atom is -0.490 e. The number of carbonyl (C=O) groups is 1. The van der Waals surface area contributed by atoms with Crippen LogP contribution in [0, 0.1) is 22.9 Å². The molecule has 0 bridgehead atoms. The number of nitrogens with one attached hydrogen (secondary N) is 1. The van der Waals surface area contributed by atoms with Crippen LogP contribution in [0.3, 0.4) is 0 Å². The lowest BCUT2D eigenvalue weighted by molar-refractivity contribution is -0.385. The summed E-state index contributed by atoms with van der Waals surface area (Å²) in [4.78, 5) is 22.8. The topological polar surface area (TPSA) is 81.5 Å². The molecule has 1 amide bonds. The van der Waals surface area contributed by atoms with Gasteiger partial charge in [-0.05, 0) is 24.6 Å². The highest BCUT2D eigenvalue weighted by Crippen LogP contribution is 2.33. The van der Waals surface area contributed by atoms with Gasteiger partial charge in [0.05, 0.1) is 17.8 Å². The van der Waals surface area contributed by atoms with E-state index in [2.05, 4.69) is 5.32 Å². The van der Waals surface area contributed by atoms with Crippen molar-refractivity contribution in [3.8, 4) is 5.75 Å². The van der Waals surface area contributed by atoms with Gasteiger partial charge >= 0.3 is 5.69 Å². The van der Waals surface area contributed by atoms with E-state index in [1.165, 1.54) is 25.3 Å². The molecule has 0 fully saturated rings. The molecular formula is C16H15FN2O4S. The van der Waals surface area contributed by atoms with Crippen LogP contribution in [0.2, 0.25) is 0 Å². The second-order valence-electron chi connectivity index (χ2n) is 4.86. The van der Waals surface area contributed by atoms with Crippen molar-refractivity contribution < 1.29 is 18.8 Å². The van der Waals surface area contributed by atoms with Gasteiger partial charge in [-0.1, -0.05) is 12.1 Å². The second-order valence-corrected chi connectivity index (χ2v) is 5.88. The number of methoxy groups -OCH3 is 1. The lowest BCUT2D eigenvalue weighted by atomic mass is 10.1. The van der Waals surface area contributed by atoms with Crippen molar-refractivity contribution in [1.29, 1.82) is 0 Å². The zero-order valence-corrected chi connectivity index (χ0v) is 13.9. The molecule has 0 aliphatic carbocycles. The van der Waals surface area contributed by atoms with Crippen LogP contribution >= 0.6 is 11.8 Å². The zero-order chi connectivity index (χ0) is 17.7. The van der Waals surface area contributed by atoms with Gasteiger partial charge in [-0.25, -0.2) is 4.39 Å². The Morgan fingerprint density at radius 3 is 2.71 bits per heavy atom. The molecule has 0 saturated heterocycles. The Morgan fingerprint density at radius 2 is 2.08 bits per heavy atom. The number of benzene rings is 2. The molecule has 0 spiro atoms. The number of aryl methyl sites for hydroxylation is 1. The third-order valence-electron chi connectivity index (χ3n) is 3.19. The first-order chi connectivity index (χ1) is 11.4. The predicted octanol–water partition coefficient (Wildman–Crippen LogP) is 3.78. The van der Waals surface area contributed by atoms with Crippen LogP contribution in [0.5, 0.6) is 5.75 Å². The van der Waals surface area contributed by atoms with Crippen molar-refractivity contribution in [1.82, 2.24) is 0 Å². The molecule has 0 heterocycles. The number of anilines is 1. The molecule has 126 valence electrons. The van der Waals surface area contributed by atoms with Crippen molar-refractivity contribution in [2.75, 3.05) is 18.2 Å². The average molecular weight is 350 g/mol. The van der Waals surface area contributed by atoms with Crippen molar-refractivity contribution in [3.05, 3.63) is 57.9 Å². The van der Waals surface area contributed by atoms with Crippen molar-refractivity contribution in [2.24, 2.45) is 0 Å². The Morgan fingerprint density at radius 1 is 1.38 bits per heavy atom. The van der Waals surface area contributed by atoms with Crippen LogP contribution in [0.25, 0.3) is 0 Å². The van der Waals surface area contributed by atoms with Crippen LogP contribution in [-0.4, -0.2) is 23.7 Å². The van der Waals surface area contributed by atoms with E-state index in [1.54, 1.807) is 25.1 Å². The summed E-state index contributed by atoms with van der Waals surface area (Å²) in [6.07, 6.45) is 0. The Balaban J connectivity index is 2.09. The highest BCUT2D eigenvalue weighted by molar-refractivity contribution is 8.00. The molecule has 24 heavy (non-hydrogen) atoms. The van der Waals surface area contributed by atoms with Gasteiger partial charge < -0.3 is 10.1 Å². The first-order valence-electron chi connectivity index (χ1n) is 6.92. The Kier molecular flexibility index (Phi) is 5.75. The molecule has 0 aromatic heterocycles. The highest BCUT2D eigenvalue weighted by Gasteiger charge is 2.18. The summed E-state index contributed by atoms with van der Waals surface area (Å²) in [5.74, 6) is -0.659. The number of nitro groups is 1. The van der Waals surface area contributed by atoms with Gasteiger partial charge in [-0.15, -0.1) is 11.8 Å². The SMILES string of the molecule is COc1cc(NC(=O)CSc2ccccc2F)c(C)cc1[N+](=O)[O-]. The number of rotatable bonds is 6. The van der Waals surface area contributed by atoms with Crippen LogP contribution in [0.15, 0.2) is 41.3 Å². The standard InChI is InChI=1S/C16H15FN2O4S/c1-10-7-13(19(21)22)14(23-2)8-12(10)18-16(20)9-24-15-6-4-3-5-11(15)17/h3-8H,9H2,1-2H3,(H,18,20). The Bertz CT molecular complexity index is 783. The van der Waals surface area contributed by atoms with Crippen LogP contribution in [0.1, 0.15) is 5.56 Å². The van der Waals surface area contributed by atoms with Crippen molar-refractivity contribution >= 4 is 29.0 Å². The minimum absolute atomic E-state index is 0.0136. The summed E-state index contributed by atoms with van der Waals surface area (Å²) < 4.78 is 18.5. The third kappa shape index (κ3) is 4.23. The van der Waals surface area contributed by atoms with E-state index in [-0.39, 0.29) is 28.9 Å². The van der Waals surface area contributed by atoms with E-state index >= 15 is 0 Å². The molecule has 0 saturated carbocycles. The number of hydrogen-bond donors (Lipinski definition) is 1. The molecule has 0 atom stereocenters. The molecule has 8 heteroatoms. The van der Waals surface area contributed by atoms with Crippen LogP contribution in [-0.2, 0) is 4.79 Å². The number of halogens is 1. The number of nitro benzene ring substituents is 1. The molecule has 0 aliphatic rings. The average Bonchev–Trinajstić information content (AvgIpc) is 2.55.